The van der Waals surface area contributed by atoms with E-state index in [1.807, 2.05) is 6.20 Å². The van der Waals surface area contributed by atoms with E-state index in [1.54, 1.807) is 0 Å². The lowest BCUT2D eigenvalue weighted by Gasteiger charge is -2.31. The van der Waals surface area contributed by atoms with E-state index in [4.69, 9.17) is 4.98 Å². The number of rotatable bonds is 6. The van der Waals surface area contributed by atoms with Gasteiger partial charge in [-0.3, -0.25) is 0 Å². The molecule has 5 heteroatoms. The largest absolute Gasteiger partial charge is 0.370 e. The van der Waals surface area contributed by atoms with Crippen molar-refractivity contribution in [3.8, 4) is 11.3 Å². The number of fused-ring (bicyclic) bond motifs is 3. The lowest BCUT2D eigenvalue weighted by Crippen LogP contribution is -2.43. The summed E-state index contributed by atoms with van der Waals surface area (Å²) >= 11 is 0. The molecule has 0 saturated carbocycles. The second-order valence-corrected chi connectivity index (χ2v) is 8.78. The van der Waals surface area contributed by atoms with Crippen molar-refractivity contribution in [2.24, 2.45) is 0 Å². The van der Waals surface area contributed by atoms with Gasteiger partial charge in [0.2, 0.25) is 0 Å². The number of piperazine rings is 1. The first-order chi connectivity index (χ1) is 15.8. The third-order valence-electron chi connectivity index (χ3n) is 6.68. The van der Waals surface area contributed by atoms with Gasteiger partial charge in [-0.25, -0.2) is 9.97 Å². The van der Waals surface area contributed by atoms with Crippen molar-refractivity contribution in [2.45, 2.75) is 24.9 Å². The highest BCUT2D eigenvalue weighted by atomic mass is 15.3. The minimum atomic E-state index is 0.575. The summed E-state index contributed by atoms with van der Waals surface area (Å²) in [5.41, 5.74) is 5.77. The summed E-state index contributed by atoms with van der Waals surface area (Å²) < 4.78 is 0. The molecule has 5 nitrogen and oxygen atoms in total. The lowest BCUT2D eigenvalue weighted by molar-refractivity contribution is 0.581. The molecule has 0 radical (unpaired) electrons. The van der Waals surface area contributed by atoms with Gasteiger partial charge in [0, 0.05) is 54.6 Å². The average molecular weight is 422 g/mol. The highest BCUT2D eigenvalue weighted by Gasteiger charge is 2.38. The maximum absolute atomic E-state index is 5.01. The molecule has 0 aliphatic carbocycles. The van der Waals surface area contributed by atoms with Gasteiger partial charge in [0.05, 0.1) is 11.2 Å². The molecule has 0 spiro atoms. The Morgan fingerprint density at radius 1 is 1.00 bits per heavy atom. The number of pyridine rings is 2. The Morgan fingerprint density at radius 2 is 1.88 bits per heavy atom. The van der Waals surface area contributed by atoms with Crippen molar-refractivity contribution in [1.82, 2.24) is 15.3 Å². The molecule has 4 aromatic rings. The van der Waals surface area contributed by atoms with Crippen molar-refractivity contribution >= 4 is 22.4 Å². The monoisotopic (exact) mass is 421 g/mol. The summed E-state index contributed by atoms with van der Waals surface area (Å²) in [4.78, 5) is 12.1. The van der Waals surface area contributed by atoms with E-state index in [1.165, 1.54) is 23.1 Å². The van der Waals surface area contributed by atoms with Crippen LogP contribution < -0.4 is 15.5 Å². The van der Waals surface area contributed by atoms with Gasteiger partial charge >= 0.3 is 0 Å². The molecule has 0 amide bonds. The lowest BCUT2D eigenvalue weighted by atomic mass is 10.1. The zero-order valence-electron chi connectivity index (χ0n) is 18.0. The van der Waals surface area contributed by atoms with Gasteiger partial charge < -0.3 is 15.5 Å². The summed E-state index contributed by atoms with van der Waals surface area (Å²) in [7, 11) is 0. The van der Waals surface area contributed by atoms with Crippen molar-refractivity contribution in [1.29, 1.82) is 0 Å². The third kappa shape index (κ3) is 3.69. The normalized spacial score (nSPS) is 19.6. The molecule has 32 heavy (non-hydrogen) atoms. The topological polar surface area (TPSA) is 53.1 Å². The number of aromatic nitrogens is 2. The van der Waals surface area contributed by atoms with E-state index >= 15 is 0 Å². The smallest absolute Gasteiger partial charge is 0.126 e. The van der Waals surface area contributed by atoms with Crippen molar-refractivity contribution in [3.63, 3.8) is 0 Å². The summed E-state index contributed by atoms with van der Waals surface area (Å²) in [5.74, 6) is 0.888. The van der Waals surface area contributed by atoms with E-state index in [9.17, 15) is 0 Å². The Labute approximate surface area is 188 Å². The van der Waals surface area contributed by atoms with Gasteiger partial charge in [0.15, 0.2) is 0 Å². The maximum Gasteiger partial charge on any atom is 0.126 e. The van der Waals surface area contributed by atoms with E-state index in [-0.39, 0.29) is 0 Å². The van der Waals surface area contributed by atoms with Crippen LogP contribution in [0, 0.1) is 0 Å². The summed E-state index contributed by atoms with van der Waals surface area (Å²) in [6.45, 7) is 2.99. The highest BCUT2D eigenvalue weighted by molar-refractivity contribution is 5.94. The number of benzene rings is 2. The van der Waals surface area contributed by atoms with Gasteiger partial charge in [0.25, 0.3) is 0 Å². The van der Waals surface area contributed by atoms with Crippen LogP contribution in [0.5, 0.6) is 0 Å². The van der Waals surface area contributed by atoms with E-state index in [0.29, 0.717) is 12.1 Å². The molecule has 160 valence electrons. The minimum absolute atomic E-state index is 0.575. The first-order valence-electron chi connectivity index (χ1n) is 11.5. The van der Waals surface area contributed by atoms with Crippen LogP contribution in [-0.2, 0) is 6.42 Å². The van der Waals surface area contributed by atoms with Crippen LogP contribution in [0.1, 0.15) is 12.0 Å². The Morgan fingerprint density at radius 3 is 2.72 bits per heavy atom. The minimum Gasteiger partial charge on any atom is -0.370 e. The summed E-state index contributed by atoms with van der Waals surface area (Å²) in [6.07, 6.45) is 4.08. The molecule has 2 fully saturated rings. The molecule has 2 aliphatic rings. The van der Waals surface area contributed by atoms with Crippen molar-refractivity contribution in [2.75, 3.05) is 29.9 Å². The van der Waals surface area contributed by atoms with E-state index < -0.39 is 0 Å². The number of hydrogen-bond donors (Lipinski definition) is 2. The third-order valence-corrected chi connectivity index (χ3v) is 6.68. The van der Waals surface area contributed by atoms with Gasteiger partial charge in [-0.15, -0.1) is 0 Å². The quantitative estimate of drug-likeness (QED) is 0.480. The second-order valence-electron chi connectivity index (χ2n) is 8.78. The van der Waals surface area contributed by atoms with Crippen LogP contribution in [0.15, 0.2) is 79.0 Å². The molecule has 2 unspecified atom stereocenters. The van der Waals surface area contributed by atoms with Crippen LogP contribution >= 0.6 is 0 Å². The van der Waals surface area contributed by atoms with Crippen LogP contribution in [0.2, 0.25) is 0 Å². The maximum atomic E-state index is 5.01. The van der Waals surface area contributed by atoms with Crippen LogP contribution in [-0.4, -0.2) is 41.7 Å². The average Bonchev–Trinajstić information content (AvgIpc) is 3.48. The van der Waals surface area contributed by atoms with Crippen molar-refractivity contribution < 1.29 is 0 Å². The highest BCUT2D eigenvalue weighted by Crippen LogP contribution is 2.36. The molecule has 2 aromatic heterocycles. The van der Waals surface area contributed by atoms with Gasteiger partial charge in [-0.05, 0) is 42.7 Å². The fourth-order valence-corrected chi connectivity index (χ4v) is 5.06. The zero-order valence-corrected chi connectivity index (χ0v) is 18.0. The standard InChI is InChI=1S/C27H27N5/c1-2-6-19(7-3-1)10-12-28-27-14-20(11-13-29-27)25-16-26(23-8-4-5-9-24(23)31-25)32-18-21-15-22(32)17-30-21/h1-9,11,13-14,16,21-22,30H,10,12,15,17-18H2,(H,28,29). The van der Waals surface area contributed by atoms with E-state index in [2.05, 4.69) is 93.3 Å². The molecular formula is C27H27N5. The van der Waals surface area contributed by atoms with Crippen LogP contribution in [0.4, 0.5) is 11.5 Å². The Kier molecular flexibility index (Phi) is 4.96. The number of nitrogens with one attached hydrogen (secondary N) is 2. The molecule has 4 heterocycles. The fraction of sp³-hybridized carbons (Fsp3) is 0.259. The fourth-order valence-electron chi connectivity index (χ4n) is 5.06. The number of hydrogen-bond acceptors (Lipinski definition) is 5. The molecule has 2 atom stereocenters. The summed E-state index contributed by atoms with van der Waals surface area (Å²) in [6, 6.07) is 26.7. The zero-order chi connectivity index (χ0) is 21.3. The predicted octanol–water partition coefficient (Wildman–Crippen LogP) is 4.50. The molecule has 6 rings (SSSR count). The van der Waals surface area contributed by atoms with Crippen LogP contribution in [0.3, 0.4) is 0 Å². The second kappa shape index (κ2) is 8.24. The number of nitrogens with zero attached hydrogens (tertiary/aromatic N) is 3. The Hall–Kier alpha value is -3.44. The molecule has 2 N–H and O–H groups in total. The van der Waals surface area contributed by atoms with E-state index in [0.717, 1.165) is 48.6 Å². The summed E-state index contributed by atoms with van der Waals surface area (Å²) in [5, 5.41) is 8.32. The number of para-hydroxylation sites is 1. The van der Waals surface area contributed by atoms with Crippen molar-refractivity contribution in [3.05, 3.63) is 84.6 Å². The molecule has 2 aromatic carbocycles. The first kappa shape index (κ1) is 19.3. The first-order valence-corrected chi connectivity index (χ1v) is 11.5. The Balaban J connectivity index is 1.29. The van der Waals surface area contributed by atoms with Crippen LogP contribution in [0.25, 0.3) is 22.2 Å². The predicted molar refractivity (Wildman–Crippen MR) is 131 cm³/mol. The van der Waals surface area contributed by atoms with Gasteiger partial charge in [-0.2, -0.15) is 0 Å². The molecule has 2 aliphatic heterocycles. The Bertz CT molecular complexity index is 1240. The molecular weight excluding hydrogens is 394 g/mol. The van der Waals surface area contributed by atoms with Gasteiger partial charge in [0.1, 0.15) is 5.82 Å². The molecule has 2 bridgehead atoms. The number of anilines is 2. The SMILES string of the molecule is c1ccc(CCNc2cc(-c3cc(N4CC5CC4CN5)c4ccccc4n3)ccn2)cc1. The molecule has 2 saturated heterocycles. The van der Waals surface area contributed by atoms with Gasteiger partial charge in [-0.1, -0.05) is 48.5 Å².